The van der Waals surface area contributed by atoms with Gasteiger partial charge in [-0.3, -0.25) is 4.79 Å². The Kier molecular flexibility index (Phi) is 5.16. The number of esters is 1. The lowest BCUT2D eigenvalue weighted by atomic mass is 10.1. The smallest absolute Gasteiger partial charge is 0.343 e. The second kappa shape index (κ2) is 6.94. The molecular weight excluding hydrogens is 327 g/mol. The van der Waals surface area contributed by atoms with Crippen LogP contribution in [0, 0.1) is 11.6 Å². The number of aromatic nitrogens is 1. The third-order valence-corrected chi connectivity index (χ3v) is 3.56. The van der Waals surface area contributed by atoms with Gasteiger partial charge in [-0.1, -0.05) is 0 Å². The molecule has 0 aliphatic carbocycles. The molecule has 8 heteroatoms. The zero-order chi connectivity index (χ0) is 18.0. The number of hydrogen-bond acceptors (Lipinski definition) is 4. The van der Waals surface area contributed by atoms with Crippen molar-refractivity contribution in [3.05, 3.63) is 39.7 Å². The highest BCUT2D eigenvalue weighted by Crippen LogP contribution is 2.31. The van der Waals surface area contributed by atoms with Gasteiger partial charge in [0.15, 0.2) is 11.6 Å². The summed E-state index contributed by atoms with van der Waals surface area (Å²) < 4.78 is 51.8. The summed E-state index contributed by atoms with van der Waals surface area (Å²) in [6, 6.07) is -0.181. The van der Waals surface area contributed by atoms with Gasteiger partial charge in [0.05, 0.1) is 30.7 Å². The third-order valence-electron chi connectivity index (χ3n) is 3.56. The van der Waals surface area contributed by atoms with E-state index in [0.717, 1.165) is 13.3 Å². The van der Waals surface area contributed by atoms with Crippen LogP contribution >= 0.6 is 0 Å². The number of pyridine rings is 1. The molecule has 1 aromatic heterocycles. The summed E-state index contributed by atoms with van der Waals surface area (Å²) in [5, 5.41) is -0.295. The molecule has 1 heterocycles. The summed E-state index contributed by atoms with van der Waals surface area (Å²) in [5.41, 5.74) is -1.36. The molecule has 2 rings (SSSR count). The van der Waals surface area contributed by atoms with Gasteiger partial charge in [-0.05, 0) is 19.9 Å². The van der Waals surface area contributed by atoms with E-state index >= 15 is 0 Å². The molecule has 0 saturated carbocycles. The Balaban J connectivity index is 2.98. The Morgan fingerprint density at radius 3 is 2.58 bits per heavy atom. The van der Waals surface area contributed by atoms with Crippen LogP contribution in [0.3, 0.4) is 0 Å². The van der Waals surface area contributed by atoms with Crippen molar-refractivity contribution in [1.82, 2.24) is 4.57 Å². The first-order valence-electron chi connectivity index (χ1n) is 7.21. The average molecular weight is 343 g/mol. The molecule has 0 bridgehead atoms. The molecule has 24 heavy (non-hydrogen) atoms. The van der Waals surface area contributed by atoms with E-state index in [1.54, 1.807) is 6.92 Å². The van der Waals surface area contributed by atoms with E-state index in [-0.39, 0.29) is 17.5 Å². The first kappa shape index (κ1) is 17.8. The standard InChI is InChI=1S/C16H16F3NO4/c1-4-24-16(22)10-7-20(8(2)6-17)13-9(14(10)21)5-11(18)12(19)15(13)23-3/h5,7-8H,4,6H2,1-3H3. The summed E-state index contributed by atoms with van der Waals surface area (Å²) in [7, 11) is 1.10. The van der Waals surface area contributed by atoms with E-state index in [0.29, 0.717) is 6.07 Å². The highest BCUT2D eigenvalue weighted by Gasteiger charge is 2.24. The first-order valence-corrected chi connectivity index (χ1v) is 7.21. The number of halogens is 3. The summed E-state index contributed by atoms with van der Waals surface area (Å²) in [4.78, 5) is 24.4. The fourth-order valence-corrected chi connectivity index (χ4v) is 2.39. The van der Waals surface area contributed by atoms with Crippen molar-refractivity contribution in [1.29, 1.82) is 0 Å². The minimum atomic E-state index is -1.31. The molecule has 5 nitrogen and oxygen atoms in total. The number of fused-ring (bicyclic) bond motifs is 1. The van der Waals surface area contributed by atoms with E-state index in [1.807, 2.05) is 0 Å². The zero-order valence-corrected chi connectivity index (χ0v) is 13.4. The van der Waals surface area contributed by atoms with Gasteiger partial charge in [0.1, 0.15) is 12.2 Å². The molecule has 0 radical (unpaired) electrons. The van der Waals surface area contributed by atoms with Gasteiger partial charge >= 0.3 is 5.97 Å². The Bertz CT molecular complexity index is 848. The summed E-state index contributed by atoms with van der Waals surface area (Å²) in [6.07, 6.45) is 1.08. The van der Waals surface area contributed by atoms with E-state index in [2.05, 4.69) is 0 Å². The van der Waals surface area contributed by atoms with Crippen LogP contribution in [-0.4, -0.2) is 30.9 Å². The molecule has 2 aromatic rings. The quantitative estimate of drug-likeness (QED) is 0.783. The van der Waals surface area contributed by atoms with Gasteiger partial charge in [0.2, 0.25) is 11.2 Å². The van der Waals surface area contributed by atoms with Gasteiger partial charge < -0.3 is 14.0 Å². The molecule has 0 amide bonds. The maximum absolute atomic E-state index is 14.0. The fraction of sp³-hybridized carbons (Fsp3) is 0.375. The van der Waals surface area contributed by atoms with E-state index in [1.165, 1.54) is 11.5 Å². The maximum Gasteiger partial charge on any atom is 0.343 e. The van der Waals surface area contributed by atoms with Crippen molar-refractivity contribution < 1.29 is 27.4 Å². The number of nitrogens with zero attached hydrogens (tertiary/aromatic N) is 1. The molecule has 0 spiro atoms. The molecule has 1 aromatic carbocycles. The number of alkyl halides is 1. The number of ether oxygens (including phenoxy) is 2. The maximum atomic E-state index is 14.0. The van der Waals surface area contributed by atoms with Crippen molar-refractivity contribution in [2.24, 2.45) is 0 Å². The van der Waals surface area contributed by atoms with Crippen LogP contribution in [-0.2, 0) is 4.74 Å². The number of methoxy groups -OCH3 is 1. The molecule has 1 atom stereocenters. The van der Waals surface area contributed by atoms with Crippen molar-refractivity contribution in [2.45, 2.75) is 19.9 Å². The molecule has 0 aliphatic heterocycles. The summed E-state index contributed by atoms with van der Waals surface area (Å²) in [6.45, 7) is 2.18. The first-order chi connectivity index (χ1) is 11.4. The molecule has 130 valence electrons. The zero-order valence-electron chi connectivity index (χ0n) is 13.4. The second-order valence-electron chi connectivity index (χ2n) is 5.10. The summed E-state index contributed by atoms with van der Waals surface area (Å²) in [5.74, 6) is -4.06. The lowest BCUT2D eigenvalue weighted by molar-refractivity contribution is 0.0524. The van der Waals surface area contributed by atoms with Crippen LogP contribution in [0.5, 0.6) is 5.75 Å². The Morgan fingerprint density at radius 1 is 1.38 bits per heavy atom. The van der Waals surface area contributed by atoms with Gasteiger partial charge in [0.25, 0.3) is 0 Å². The topological polar surface area (TPSA) is 57.5 Å². The minimum absolute atomic E-state index is 0.0239. The molecule has 0 fully saturated rings. The van der Waals surface area contributed by atoms with Crippen LogP contribution in [0.4, 0.5) is 13.2 Å². The van der Waals surface area contributed by atoms with Crippen molar-refractivity contribution in [3.8, 4) is 5.75 Å². The Hall–Kier alpha value is -2.51. The number of rotatable bonds is 5. The van der Waals surface area contributed by atoms with Crippen LogP contribution in [0.1, 0.15) is 30.2 Å². The predicted octanol–water partition coefficient (Wildman–Crippen LogP) is 3.00. The number of benzene rings is 1. The normalized spacial score (nSPS) is 12.2. The molecule has 0 saturated heterocycles. The van der Waals surface area contributed by atoms with Crippen molar-refractivity contribution in [3.63, 3.8) is 0 Å². The van der Waals surface area contributed by atoms with Crippen LogP contribution < -0.4 is 10.2 Å². The lowest BCUT2D eigenvalue weighted by Crippen LogP contribution is -2.23. The number of hydrogen-bond donors (Lipinski definition) is 0. The Morgan fingerprint density at radius 2 is 2.04 bits per heavy atom. The minimum Gasteiger partial charge on any atom is -0.491 e. The van der Waals surface area contributed by atoms with E-state index < -0.39 is 47.1 Å². The SMILES string of the molecule is CCOC(=O)c1cn(C(C)CF)c2c(OC)c(F)c(F)cc2c1=O. The van der Waals surface area contributed by atoms with E-state index in [4.69, 9.17) is 9.47 Å². The molecule has 1 unspecified atom stereocenters. The monoisotopic (exact) mass is 343 g/mol. The highest BCUT2D eigenvalue weighted by atomic mass is 19.2. The molecule has 0 aliphatic rings. The summed E-state index contributed by atoms with van der Waals surface area (Å²) >= 11 is 0. The second-order valence-corrected chi connectivity index (χ2v) is 5.10. The van der Waals surface area contributed by atoms with Gasteiger partial charge in [-0.2, -0.15) is 4.39 Å². The molecular formula is C16H16F3NO4. The average Bonchev–Trinajstić information content (AvgIpc) is 2.56. The van der Waals surface area contributed by atoms with Crippen LogP contribution in [0.15, 0.2) is 17.1 Å². The number of carbonyl (C=O) groups excluding carboxylic acids is 1. The lowest BCUT2D eigenvalue weighted by Gasteiger charge is -2.19. The predicted molar refractivity (Wildman–Crippen MR) is 81.3 cm³/mol. The fourth-order valence-electron chi connectivity index (χ4n) is 2.39. The van der Waals surface area contributed by atoms with Crippen molar-refractivity contribution >= 4 is 16.9 Å². The largest absolute Gasteiger partial charge is 0.491 e. The van der Waals surface area contributed by atoms with Gasteiger partial charge in [0, 0.05) is 6.20 Å². The van der Waals surface area contributed by atoms with Crippen molar-refractivity contribution in [2.75, 3.05) is 20.4 Å². The third kappa shape index (κ3) is 2.83. The molecule has 0 N–H and O–H groups in total. The van der Waals surface area contributed by atoms with Gasteiger partial charge in [-0.25, -0.2) is 13.6 Å². The van der Waals surface area contributed by atoms with E-state index in [9.17, 15) is 22.8 Å². The van der Waals surface area contributed by atoms with Gasteiger partial charge in [-0.15, -0.1) is 0 Å². The van der Waals surface area contributed by atoms with Crippen LogP contribution in [0.25, 0.3) is 10.9 Å². The van der Waals surface area contributed by atoms with Crippen LogP contribution in [0.2, 0.25) is 0 Å². The number of carbonyl (C=O) groups is 1. The highest BCUT2D eigenvalue weighted by molar-refractivity contribution is 5.95. The Labute approximate surface area is 135 Å².